The molecule has 0 aliphatic rings. The number of ether oxygens (including phenoxy) is 2. The van der Waals surface area contributed by atoms with Gasteiger partial charge in [-0.05, 0) is 52.5 Å². The number of carbonyl (C=O) groups excluding carboxylic acids is 1. The molecule has 0 bridgehead atoms. The van der Waals surface area contributed by atoms with Gasteiger partial charge in [0.1, 0.15) is 5.92 Å². The first-order chi connectivity index (χ1) is 23.0. The lowest BCUT2D eigenvalue weighted by atomic mass is 9.77. The topological polar surface area (TPSA) is 35.5 Å². The Morgan fingerprint density at radius 1 is 0.511 bits per heavy atom. The summed E-state index contributed by atoms with van der Waals surface area (Å²) in [6.45, 7) is 2.10. The second-order valence-electron chi connectivity index (χ2n) is 11.2. The van der Waals surface area contributed by atoms with Gasteiger partial charge in [-0.1, -0.05) is 182 Å². The van der Waals surface area contributed by atoms with Gasteiger partial charge < -0.3 is 9.47 Å². The molecule has 0 saturated heterocycles. The first-order valence-corrected chi connectivity index (χ1v) is 16.0. The lowest BCUT2D eigenvalue weighted by molar-refractivity contribution is -0.148. The Hall–Kier alpha value is -5.32. The third-order valence-electron chi connectivity index (χ3n) is 8.24. The second kappa shape index (κ2) is 16.3. The summed E-state index contributed by atoms with van der Waals surface area (Å²) in [6, 6.07) is 59.8. The minimum absolute atomic E-state index is 0.264. The van der Waals surface area contributed by atoms with Crippen LogP contribution in [0.5, 0.6) is 0 Å². The highest BCUT2D eigenvalue weighted by molar-refractivity contribution is 7.80. The van der Waals surface area contributed by atoms with Crippen LogP contribution in [0.3, 0.4) is 0 Å². The van der Waals surface area contributed by atoms with Gasteiger partial charge in [-0.3, -0.25) is 4.79 Å². The quantitative estimate of drug-likeness (QED) is 0.117. The summed E-state index contributed by atoms with van der Waals surface area (Å²) in [6.07, 6.45) is -0.458. The summed E-state index contributed by atoms with van der Waals surface area (Å²) in [4.78, 5) is 13.5. The minimum atomic E-state index is -0.479. The zero-order valence-electron chi connectivity index (χ0n) is 26.6. The molecule has 234 valence electrons. The fourth-order valence-corrected chi connectivity index (χ4v) is 5.91. The van der Waals surface area contributed by atoms with E-state index in [2.05, 4.69) is 31.2 Å². The molecule has 4 heteroatoms. The van der Waals surface area contributed by atoms with E-state index in [4.69, 9.17) is 21.7 Å². The van der Waals surface area contributed by atoms with Crippen LogP contribution in [-0.4, -0.2) is 18.1 Å². The number of esters is 1. The van der Waals surface area contributed by atoms with Gasteiger partial charge in [0.05, 0.1) is 12.5 Å². The molecule has 0 atom stereocenters. The number of methoxy groups -OCH3 is 1. The van der Waals surface area contributed by atoms with Crippen LogP contribution in [-0.2, 0) is 19.7 Å². The van der Waals surface area contributed by atoms with Crippen molar-refractivity contribution < 1.29 is 14.3 Å². The molecular weight excluding hydrogens is 597 g/mol. The van der Waals surface area contributed by atoms with Crippen LogP contribution in [0.4, 0.5) is 0 Å². The summed E-state index contributed by atoms with van der Waals surface area (Å²) in [7, 11) is 1.63. The maximum atomic E-state index is 13.5. The SMILES string of the molecule is COC(=S)C(C)(c1ccccc1)c1ccccc1.O=C(OC(c1ccccc1)c1ccccc1)C(c1ccccc1)c1ccccc1. The van der Waals surface area contributed by atoms with Crippen molar-refractivity contribution in [2.24, 2.45) is 0 Å². The van der Waals surface area contributed by atoms with Crippen LogP contribution in [0.25, 0.3) is 0 Å². The predicted octanol–water partition coefficient (Wildman–Crippen LogP) is 10.1. The van der Waals surface area contributed by atoms with Crippen LogP contribution < -0.4 is 0 Å². The van der Waals surface area contributed by atoms with Crippen molar-refractivity contribution in [2.75, 3.05) is 7.11 Å². The van der Waals surface area contributed by atoms with E-state index in [1.54, 1.807) is 7.11 Å². The first-order valence-electron chi connectivity index (χ1n) is 15.6. The molecule has 0 aliphatic carbocycles. The van der Waals surface area contributed by atoms with E-state index < -0.39 is 17.4 Å². The van der Waals surface area contributed by atoms with Crippen molar-refractivity contribution in [1.82, 2.24) is 0 Å². The average Bonchev–Trinajstić information content (AvgIpc) is 3.16. The Balaban J connectivity index is 0.000000207. The van der Waals surface area contributed by atoms with Crippen molar-refractivity contribution in [2.45, 2.75) is 24.4 Å². The van der Waals surface area contributed by atoms with E-state index in [0.29, 0.717) is 5.05 Å². The smallest absolute Gasteiger partial charge is 0.318 e. The van der Waals surface area contributed by atoms with E-state index >= 15 is 0 Å². The molecule has 0 saturated carbocycles. The number of hydrogen-bond donors (Lipinski definition) is 0. The zero-order valence-corrected chi connectivity index (χ0v) is 27.4. The average molecular weight is 635 g/mol. The summed E-state index contributed by atoms with van der Waals surface area (Å²) >= 11 is 5.43. The Bertz CT molecular complexity index is 1690. The first kappa shape index (κ1) is 33.1. The maximum absolute atomic E-state index is 13.5. The van der Waals surface area contributed by atoms with Crippen molar-refractivity contribution in [1.29, 1.82) is 0 Å². The molecule has 0 amide bonds. The minimum Gasteiger partial charge on any atom is -0.489 e. The summed E-state index contributed by atoms with van der Waals surface area (Å²) in [5.41, 5.74) is 5.63. The molecule has 3 nitrogen and oxygen atoms in total. The predicted molar refractivity (Wildman–Crippen MR) is 194 cm³/mol. The van der Waals surface area contributed by atoms with Gasteiger partial charge in [0, 0.05) is 0 Å². The lowest BCUT2D eigenvalue weighted by Gasteiger charge is -2.30. The lowest BCUT2D eigenvalue weighted by Crippen LogP contribution is -2.33. The van der Waals surface area contributed by atoms with E-state index in [1.807, 2.05) is 158 Å². The number of carbonyl (C=O) groups is 1. The van der Waals surface area contributed by atoms with Crippen molar-refractivity contribution in [3.8, 4) is 0 Å². The normalized spacial score (nSPS) is 10.9. The zero-order chi connectivity index (χ0) is 32.9. The molecule has 6 aromatic carbocycles. The standard InChI is InChI=1S/C27H22O2.C16H16OS/c28-27(25(21-13-5-1-6-14-21)22-15-7-2-8-16-22)29-26(23-17-9-3-10-18-23)24-19-11-4-12-20-24;1-16(15(18)17-2,13-9-5-3-6-10-13)14-11-7-4-8-12-14/h1-20,25-26H;3-12H,1-2H3. The van der Waals surface area contributed by atoms with E-state index in [0.717, 1.165) is 33.4 Å². The van der Waals surface area contributed by atoms with Crippen molar-refractivity contribution >= 4 is 23.2 Å². The molecule has 0 spiro atoms. The number of thiocarbonyl (C=S) groups is 1. The number of hydrogen-bond acceptors (Lipinski definition) is 4. The highest BCUT2D eigenvalue weighted by Crippen LogP contribution is 2.34. The molecule has 0 N–H and O–H groups in total. The Morgan fingerprint density at radius 3 is 1.13 bits per heavy atom. The Kier molecular flexibility index (Phi) is 11.5. The van der Waals surface area contributed by atoms with Gasteiger partial charge in [-0.2, -0.15) is 0 Å². The number of benzene rings is 6. The molecule has 0 fully saturated rings. The monoisotopic (exact) mass is 634 g/mol. The Morgan fingerprint density at radius 2 is 0.809 bits per heavy atom. The van der Waals surface area contributed by atoms with E-state index in [1.165, 1.54) is 0 Å². The third kappa shape index (κ3) is 8.10. The van der Waals surface area contributed by atoms with Crippen molar-refractivity contribution in [3.05, 3.63) is 215 Å². The fourth-order valence-electron chi connectivity index (χ4n) is 5.67. The van der Waals surface area contributed by atoms with E-state index in [-0.39, 0.29) is 5.97 Å². The molecule has 0 aliphatic heterocycles. The molecule has 0 unspecified atom stereocenters. The highest BCUT2D eigenvalue weighted by Gasteiger charge is 2.34. The van der Waals surface area contributed by atoms with Crippen LogP contribution in [0.2, 0.25) is 0 Å². The van der Waals surface area contributed by atoms with Gasteiger partial charge in [-0.25, -0.2) is 0 Å². The van der Waals surface area contributed by atoms with Crippen molar-refractivity contribution in [3.63, 3.8) is 0 Å². The van der Waals surface area contributed by atoms with Gasteiger partial charge >= 0.3 is 5.97 Å². The summed E-state index contributed by atoms with van der Waals surface area (Å²) in [5, 5.41) is 0.583. The summed E-state index contributed by atoms with van der Waals surface area (Å²) in [5.74, 6) is -0.743. The summed E-state index contributed by atoms with van der Waals surface area (Å²) < 4.78 is 11.5. The van der Waals surface area contributed by atoms with Gasteiger partial charge in [0.2, 0.25) is 0 Å². The van der Waals surface area contributed by atoms with Crippen LogP contribution in [0, 0.1) is 0 Å². The largest absolute Gasteiger partial charge is 0.489 e. The molecule has 6 aromatic rings. The van der Waals surface area contributed by atoms with E-state index in [9.17, 15) is 4.79 Å². The Labute approximate surface area is 283 Å². The van der Waals surface area contributed by atoms with Crippen LogP contribution >= 0.6 is 12.2 Å². The second-order valence-corrected chi connectivity index (χ2v) is 11.6. The van der Waals surface area contributed by atoms with Crippen LogP contribution in [0.15, 0.2) is 182 Å². The molecule has 0 radical (unpaired) electrons. The molecule has 0 heterocycles. The fraction of sp³-hybridized carbons (Fsp3) is 0.116. The molecular formula is C43H38O3S. The van der Waals surface area contributed by atoms with Gasteiger partial charge in [0.25, 0.3) is 0 Å². The van der Waals surface area contributed by atoms with Crippen LogP contribution in [0.1, 0.15) is 52.3 Å². The molecule has 0 aromatic heterocycles. The number of rotatable bonds is 9. The maximum Gasteiger partial charge on any atom is 0.318 e. The molecule has 6 rings (SSSR count). The molecule has 47 heavy (non-hydrogen) atoms. The van der Waals surface area contributed by atoms with Gasteiger partial charge in [0.15, 0.2) is 11.2 Å². The third-order valence-corrected chi connectivity index (χ3v) is 8.81. The van der Waals surface area contributed by atoms with Gasteiger partial charge in [-0.15, -0.1) is 0 Å². The highest BCUT2D eigenvalue weighted by atomic mass is 32.1.